The van der Waals surface area contributed by atoms with Crippen molar-refractivity contribution in [1.29, 1.82) is 0 Å². The summed E-state index contributed by atoms with van der Waals surface area (Å²) in [7, 11) is 0. The fourth-order valence-electron chi connectivity index (χ4n) is 3.61. The Morgan fingerprint density at radius 2 is 2.32 bits per heavy atom. The molecule has 2 saturated heterocycles. The van der Waals surface area contributed by atoms with Crippen LogP contribution in [0.25, 0.3) is 0 Å². The lowest BCUT2D eigenvalue weighted by Gasteiger charge is -2.39. The van der Waals surface area contributed by atoms with Crippen molar-refractivity contribution in [2.75, 3.05) is 6.54 Å². The predicted molar refractivity (Wildman–Crippen MR) is 77.8 cm³/mol. The van der Waals surface area contributed by atoms with Gasteiger partial charge in [-0.3, -0.25) is 0 Å². The monoisotopic (exact) mass is 325 g/mol. The Bertz CT molecular complexity index is 493. The van der Waals surface area contributed by atoms with E-state index in [1.807, 2.05) is 25.1 Å². The van der Waals surface area contributed by atoms with Gasteiger partial charge in [0.1, 0.15) is 0 Å². The zero-order chi connectivity index (χ0) is 13.6. The number of hydrogen-bond acceptors (Lipinski definition) is 3. The van der Waals surface area contributed by atoms with Crippen LogP contribution in [0.5, 0.6) is 0 Å². The summed E-state index contributed by atoms with van der Waals surface area (Å²) in [5, 5.41) is 10.9. The van der Waals surface area contributed by atoms with Gasteiger partial charge in [-0.1, -0.05) is 28.1 Å². The Labute approximate surface area is 122 Å². The summed E-state index contributed by atoms with van der Waals surface area (Å²) in [5.74, 6) is 0. The van der Waals surface area contributed by atoms with Gasteiger partial charge in [-0.05, 0) is 43.4 Å². The first-order valence-corrected chi connectivity index (χ1v) is 7.66. The number of aliphatic hydroxyl groups is 1. The van der Waals surface area contributed by atoms with Gasteiger partial charge in [-0.25, -0.2) is 0 Å². The molecule has 4 unspecified atom stereocenters. The molecule has 1 aromatic rings. The molecule has 2 bridgehead atoms. The number of benzene rings is 1. The third-order valence-electron chi connectivity index (χ3n) is 4.73. The highest BCUT2D eigenvalue weighted by molar-refractivity contribution is 9.10. The van der Waals surface area contributed by atoms with Crippen molar-refractivity contribution < 1.29 is 9.84 Å². The number of aliphatic hydroxyl groups excluding tert-OH is 1. The second-order valence-electron chi connectivity index (χ2n) is 5.89. The molecule has 1 aromatic carbocycles. The molecule has 19 heavy (non-hydrogen) atoms. The number of hydrogen-bond donors (Lipinski definition) is 2. The maximum Gasteiger partial charge on any atom is 0.0895 e. The van der Waals surface area contributed by atoms with E-state index in [0.29, 0.717) is 6.54 Å². The van der Waals surface area contributed by atoms with E-state index >= 15 is 0 Å². The quantitative estimate of drug-likeness (QED) is 0.898. The van der Waals surface area contributed by atoms with Crippen molar-refractivity contribution in [3.63, 3.8) is 0 Å². The van der Waals surface area contributed by atoms with E-state index in [1.165, 1.54) is 5.56 Å². The molecule has 3 nitrogen and oxygen atoms in total. The van der Waals surface area contributed by atoms with Crippen LogP contribution in [0.1, 0.15) is 36.5 Å². The first-order chi connectivity index (χ1) is 9.06. The second-order valence-corrected chi connectivity index (χ2v) is 6.75. The third-order valence-corrected chi connectivity index (χ3v) is 5.42. The average molecular weight is 326 g/mol. The maximum absolute atomic E-state index is 10.9. The van der Waals surface area contributed by atoms with Gasteiger partial charge in [-0.15, -0.1) is 0 Å². The van der Waals surface area contributed by atoms with Crippen LogP contribution in [0.15, 0.2) is 22.7 Å². The fraction of sp³-hybridized carbons (Fsp3) is 0.600. The summed E-state index contributed by atoms with van der Waals surface area (Å²) in [6, 6.07) is 6.06. The van der Waals surface area contributed by atoms with Crippen LogP contribution in [-0.4, -0.2) is 23.9 Å². The average Bonchev–Trinajstić information content (AvgIpc) is 2.98. The number of rotatable bonds is 3. The van der Waals surface area contributed by atoms with Crippen LogP contribution < -0.4 is 5.73 Å². The molecule has 2 heterocycles. The summed E-state index contributed by atoms with van der Waals surface area (Å²) in [4.78, 5) is 0. The molecule has 4 atom stereocenters. The van der Waals surface area contributed by atoms with E-state index in [-0.39, 0.29) is 17.6 Å². The zero-order valence-corrected chi connectivity index (χ0v) is 12.7. The second kappa shape index (κ2) is 4.85. The molecule has 2 aliphatic rings. The maximum atomic E-state index is 10.9. The molecular formula is C15H20BrNO2. The van der Waals surface area contributed by atoms with E-state index in [4.69, 9.17) is 10.5 Å². The smallest absolute Gasteiger partial charge is 0.0895 e. The highest BCUT2D eigenvalue weighted by atomic mass is 79.9. The van der Waals surface area contributed by atoms with Crippen LogP contribution >= 0.6 is 15.9 Å². The van der Waals surface area contributed by atoms with Gasteiger partial charge in [-0.2, -0.15) is 0 Å². The minimum atomic E-state index is -0.567. The lowest BCUT2D eigenvalue weighted by molar-refractivity contribution is -0.0267. The van der Waals surface area contributed by atoms with E-state index in [1.54, 1.807) is 0 Å². The van der Waals surface area contributed by atoms with E-state index in [9.17, 15) is 5.11 Å². The molecule has 0 spiro atoms. The van der Waals surface area contributed by atoms with E-state index < -0.39 is 6.10 Å². The van der Waals surface area contributed by atoms with Crippen molar-refractivity contribution in [3.8, 4) is 0 Å². The summed E-state index contributed by atoms with van der Waals surface area (Å²) in [6.45, 7) is 2.51. The Hall–Kier alpha value is -0.420. The van der Waals surface area contributed by atoms with Crippen molar-refractivity contribution >= 4 is 15.9 Å². The van der Waals surface area contributed by atoms with Crippen molar-refractivity contribution in [2.45, 2.75) is 44.5 Å². The van der Waals surface area contributed by atoms with Crippen LogP contribution in [-0.2, 0) is 4.74 Å². The largest absolute Gasteiger partial charge is 0.388 e. The van der Waals surface area contributed by atoms with Crippen molar-refractivity contribution in [3.05, 3.63) is 33.8 Å². The molecule has 0 aromatic heterocycles. The van der Waals surface area contributed by atoms with Gasteiger partial charge in [0.25, 0.3) is 0 Å². The van der Waals surface area contributed by atoms with Crippen LogP contribution in [0.4, 0.5) is 0 Å². The normalized spacial score (nSPS) is 34.7. The van der Waals surface area contributed by atoms with Crippen LogP contribution in [0.2, 0.25) is 0 Å². The number of nitrogens with two attached hydrogens (primary N) is 1. The SMILES string of the molecule is Cc1ccc(C(O)C2(CN)CC3CCC2O3)c(Br)c1. The molecule has 0 aliphatic carbocycles. The number of aryl methyl sites for hydroxylation is 1. The first kappa shape index (κ1) is 13.6. The summed E-state index contributed by atoms with van der Waals surface area (Å²) >= 11 is 3.56. The minimum absolute atomic E-state index is 0.103. The number of fused-ring (bicyclic) bond motifs is 2. The minimum Gasteiger partial charge on any atom is -0.388 e. The summed E-state index contributed by atoms with van der Waals surface area (Å²) in [6.07, 6.45) is 2.81. The topological polar surface area (TPSA) is 55.5 Å². The predicted octanol–water partition coefficient (Wildman–Crippen LogP) is 2.69. The molecular weight excluding hydrogens is 306 g/mol. The lowest BCUT2D eigenvalue weighted by Crippen LogP contribution is -2.44. The number of ether oxygens (including phenoxy) is 1. The highest BCUT2D eigenvalue weighted by Gasteiger charge is 2.55. The van der Waals surface area contributed by atoms with Gasteiger partial charge >= 0.3 is 0 Å². The standard InChI is InChI=1S/C15H20BrNO2/c1-9-2-4-11(12(16)6-9)14(18)15(8-17)7-10-3-5-13(15)19-10/h2,4,6,10,13-14,18H,3,5,7-8,17H2,1H3. The zero-order valence-electron chi connectivity index (χ0n) is 11.1. The van der Waals surface area contributed by atoms with Gasteiger partial charge < -0.3 is 15.6 Å². The van der Waals surface area contributed by atoms with Crippen molar-refractivity contribution in [1.82, 2.24) is 0 Å². The molecule has 3 N–H and O–H groups in total. The molecule has 2 fully saturated rings. The third kappa shape index (κ3) is 2.05. The van der Waals surface area contributed by atoms with E-state index in [2.05, 4.69) is 15.9 Å². The Morgan fingerprint density at radius 1 is 1.53 bits per heavy atom. The molecule has 104 valence electrons. The fourth-order valence-corrected chi connectivity index (χ4v) is 4.32. The summed E-state index contributed by atoms with van der Waals surface area (Å²) in [5.41, 5.74) is 7.80. The van der Waals surface area contributed by atoms with Crippen molar-refractivity contribution in [2.24, 2.45) is 11.1 Å². The Morgan fingerprint density at radius 3 is 2.84 bits per heavy atom. The van der Waals surface area contributed by atoms with Crippen LogP contribution in [0.3, 0.4) is 0 Å². The highest BCUT2D eigenvalue weighted by Crippen LogP contribution is 2.54. The Balaban J connectivity index is 1.96. The van der Waals surface area contributed by atoms with Crippen LogP contribution in [0, 0.1) is 12.3 Å². The molecule has 0 saturated carbocycles. The van der Waals surface area contributed by atoms with E-state index in [0.717, 1.165) is 29.3 Å². The summed E-state index contributed by atoms with van der Waals surface area (Å²) < 4.78 is 6.88. The molecule has 0 radical (unpaired) electrons. The Kier molecular flexibility index (Phi) is 3.46. The lowest BCUT2D eigenvalue weighted by atomic mass is 9.68. The van der Waals surface area contributed by atoms with Gasteiger partial charge in [0, 0.05) is 16.4 Å². The molecule has 3 rings (SSSR count). The van der Waals surface area contributed by atoms with Gasteiger partial charge in [0.05, 0.1) is 18.3 Å². The number of halogens is 1. The molecule has 0 amide bonds. The molecule has 4 heteroatoms. The van der Waals surface area contributed by atoms with Gasteiger partial charge in [0.15, 0.2) is 0 Å². The first-order valence-electron chi connectivity index (χ1n) is 6.86. The molecule has 2 aliphatic heterocycles. The van der Waals surface area contributed by atoms with Gasteiger partial charge in [0.2, 0.25) is 0 Å².